The van der Waals surface area contributed by atoms with Gasteiger partial charge in [-0.1, -0.05) is 6.07 Å². The van der Waals surface area contributed by atoms with E-state index in [4.69, 9.17) is 0 Å². The van der Waals surface area contributed by atoms with Crippen molar-refractivity contribution in [3.05, 3.63) is 72.1 Å². The van der Waals surface area contributed by atoms with Gasteiger partial charge >= 0.3 is 0 Å². The summed E-state index contributed by atoms with van der Waals surface area (Å²) in [6, 6.07) is 13.2. The molecule has 148 valence electrons. The molecule has 8 nitrogen and oxygen atoms in total. The third-order valence-corrected chi connectivity index (χ3v) is 5.03. The number of benzene rings is 1. The van der Waals surface area contributed by atoms with Gasteiger partial charge in [0.1, 0.15) is 0 Å². The number of hydrogen-bond acceptors (Lipinski definition) is 5. The maximum atomic E-state index is 12.7. The summed E-state index contributed by atoms with van der Waals surface area (Å²) in [5, 5.41) is 10.2. The molecule has 8 heteroatoms. The summed E-state index contributed by atoms with van der Waals surface area (Å²) in [5.74, 6) is -0.182. The molecule has 0 spiro atoms. The van der Waals surface area contributed by atoms with Gasteiger partial charge in [0.15, 0.2) is 0 Å². The number of amides is 1. The van der Waals surface area contributed by atoms with Crippen LogP contribution in [0.1, 0.15) is 35.0 Å². The molecule has 5 aromatic rings. The van der Waals surface area contributed by atoms with E-state index >= 15 is 0 Å². The van der Waals surface area contributed by atoms with Gasteiger partial charge in [-0.2, -0.15) is 0 Å². The predicted molar refractivity (Wildman–Crippen MR) is 114 cm³/mol. The minimum Gasteiger partial charge on any atom is -0.341 e. The molecule has 30 heavy (non-hydrogen) atoms. The zero-order valence-electron chi connectivity index (χ0n) is 16.5. The molecular formula is C22H19N7O. The molecule has 1 aromatic carbocycles. The highest BCUT2D eigenvalue weighted by atomic mass is 16.2. The number of aromatic nitrogens is 6. The number of carbonyl (C=O) groups is 1. The van der Waals surface area contributed by atoms with Crippen LogP contribution in [0.15, 0.2) is 54.9 Å². The fraction of sp³-hybridized carbons (Fsp3) is 0.136. The summed E-state index contributed by atoms with van der Waals surface area (Å²) in [6.07, 6.45) is 3.49. The van der Waals surface area contributed by atoms with Gasteiger partial charge in [-0.3, -0.25) is 19.9 Å². The van der Waals surface area contributed by atoms with Crippen LogP contribution in [0.2, 0.25) is 0 Å². The van der Waals surface area contributed by atoms with Crippen molar-refractivity contribution in [1.29, 1.82) is 0 Å². The summed E-state index contributed by atoms with van der Waals surface area (Å²) >= 11 is 0. The topological polar surface area (TPSA) is 112 Å². The van der Waals surface area contributed by atoms with Crippen molar-refractivity contribution in [2.45, 2.75) is 19.9 Å². The smallest absolute Gasteiger partial charge is 0.289 e. The van der Waals surface area contributed by atoms with Gasteiger partial charge in [0.05, 0.1) is 34.0 Å². The van der Waals surface area contributed by atoms with Gasteiger partial charge < -0.3 is 10.4 Å². The first-order valence-corrected chi connectivity index (χ1v) is 9.61. The number of pyridine rings is 2. The maximum absolute atomic E-state index is 12.7. The monoisotopic (exact) mass is 397 g/mol. The second kappa shape index (κ2) is 7.07. The van der Waals surface area contributed by atoms with Crippen LogP contribution in [0.5, 0.6) is 0 Å². The average molecular weight is 397 g/mol. The van der Waals surface area contributed by atoms with Gasteiger partial charge in [-0.05, 0) is 50.2 Å². The van der Waals surface area contributed by atoms with Crippen molar-refractivity contribution in [2.75, 3.05) is 0 Å². The lowest BCUT2D eigenvalue weighted by molar-refractivity contribution is 0.0930. The van der Waals surface area contributed by atoms with E-state index in [0.717, 1.165) is 33.5 Å². The number of rotatable bonds is 4. The first kappa shape index (κ1) is 18.0. The highest BCUT2D eigenvalue weighted by Gasteiger charge is 2.18. The molecule has 0 saturated carbocycles. The predicted octanol–water partition coefficient (Wildman–Crippen LogP) is 3.70. The molecule has 0 radical (unpaired) electrons. The van der Waals surface area contributed by atoms with Crippen LogP contribution in [0.4, 0.5) is 0 Å². The number of aryl methyl sites for hydroxylation is 1. The van der Waals surface area contributed by atoms with E-state index in [-0.39, 0.29) is 17.8 Å². The fourth-order valence-electron chi connectivity index (χ4n) is 3.50. The van der Waals surface area contributed by atoms with Gasteiger partial charge in [-0.15, -0.1) is 0 Å². The van der Waals surface area contributed by atoms with Crippen LogP contribution < -0.4 is 5.32 Å². The molecule has 0 aliphatic carbocycles. The van der Waals surface area contributed by atoms with Gasteiger partial charge in [0.2, 0.25) is 5.82 Å². The van der Waals surface area contributed by atoms with Gasteiger partial charge in [0, 0.05) is 29.0 Å². The largest absolute Gasteiger partial charge is 0.341 e. The Balaban J connectivity index is 1.46. The minimum absolute atomic E-state index is 0.145. The molecule has 0 unspecified atom stereocenters. The number of nitrogens with one attached hydrogen (secondary N) is 3. The Morgan fingerprint density at radius 3 is 2.53 bits per heavy atom. The first-order chi connectivity index (χ1) is 14.6. The Morgan fingerprint density at radius 1 is 1.00 bits per heavy atom. The highest BCUT2D eigenvalue weighted by molar-refractivity contribution is 6.02. The number of carbonyl (C=O) groups excluding carboxylic acids is 1. The van der Waals surface area contributed by atoms with Crippen LogP contribution in [0.3, 0.4) is 0 Å². The van der Waals surface area contributed by atoms with Crippen LogP contribution in [0, 0.1) is 6.92 Å². The second-order valence-electron chi connectivity index (χ2n) is 7.19. The van der Waals surface area contributed by atoms with E-state index in [2.05, 4.69) is 35.5 Å². The van der Waals surface area contributed by atoms with Crippen molar-refractivity contribution in [3.8, 4) is 11.3 Å². The van der Waals surface area contributed by atoms with Crippen molar-refractivity contribution >= 4 is 27.8 Å². The lowest BCUT2D eigenvalue weighted by Gasteiger charge is -2.12. The highest BCUT2D eigenvalue weighted by Crippen LogP contribution is 2.28. The molecule has 5 rings (SSSR count). The van der Waals surface area contributed by atoms with E-state index in [1.807, 2.05) is 56.3 Å². The quantitative estimate of drug-likeness (QED) is 0.428. The molecule has 1 amide bonds. The molecule has 0 saturated heterocycles. The number of hydrogen-bond donors (Lipinski definition) is 3. The fourth-order valence-corrected chi connectivity index (χ4v) is 3.50. The lowest BCUT2D eigenvalue weighted by atomic mass is 10.1. The molecular weight excluding hydrogens is 378 g/mol. The van der Waals surface area contributed by atoms with Crippen LogP contribution in [-0.2, 0) is 0 Å². The molecule has 0 fully saturated rings. The SMILES string of the molecule is Cc1cccc([C@@H](C)NC(=O)c2nc3cc4[nH][nH]c(-c5ccncc5)c4cc3n2)n1. The van der Waals surface area contributed by atoms with Crippen molar-refractivity contribution in [2.24, 2.45) is 0 Å². The zero-order valence-corrected chi connectivity index (χ0v) is 16.5. The van der Waals surface area contributed by atoms with Crippen molar-refractivity contribution in [3.63, 3.8) is 0 Å². The van der Waals surface area contributed by atoms with E-state index in [9.17, 15) is 4.79 Å². The average Bonchev–Trinajstić information content (AvgIpc) is 3.36. The molecule has 0 aliphatic rings. The summed E-state index contributed by atoms with van der Waals surface area (Å²) in [4.78, 5) is 30.1. The molecule has 4 aromatic heterocycles. The van der Waals surface area contributed by atoms with Crippen LogP contribution >= 0.6 is 0 Å². The summed E-state index contributed by atoms with van der Waals surface area (Å²) in [7, 11) is 0. The van der Waals surface area contributed by atoms with E-state index < -0.39 is 0 Å². The van der Waals surface area contributed by atoms with Crippen LogP contribution in [-0.4, -0.2) is 36.0 Å². The summed E-state index contributed by atoms with van der Waals surface area (Å²) < 4.78 is 0. The lowest BCUT2D eigenvalue weighted by Crippen LogP contribution is -2.28. The van der Waals surface area contributed by atoms with Crippen molar-refractivity contribution in [1.82, 2.24) is 35.5 Å². The summed E-state index contributed by atoms with van der Waals surface area (Å²) in [5.41, 5.74) is 5.85. The van der Waals surface area contributed by atoms with Gasteiger partial charge in [0.25, 0.3) is 5.91 Å². The number of nitrogens with zero attached hydrogens (tertiary/aromatic N) is 4. The molecule has 3 N–H and O–H groups in total. The number of fused-ring (bicyclic) bond motifs is 2. The Hall–Kier alpha value is -4.07. The van der Waals surface area contributed by atoms with E-state index in [1.165, 1.54) is 0 Å². The van der Waals surface area contributed by atoms with E-state index in [1.54, 1.807) is 12.4 Å². The third-order valence-electron chi connectivity index (χ3n) is 5.03. The first-order valence-electron chi connectivity index (χ1n) is 9.61. The Morgan fingerprint density at radius 2 is 1.77 bits per heavy atom. The number of H-pyrrole nitrogens is 2. The zero-order chi connectivity index (χ0) is 20.7. The molecule has 1 atom stereocenters. The van der Waals surface area contributed by atoms with Crippen LogP contribution in [0.25, 0.3) is 33.2 Å². The Kier molecular flexibility index (Phi) is 4.24. The third kappa shape index (κ3) is 3.18. The van der Waals surface area contributed by atoms with Crippen molar-refractivity contribution < 1.29 is 4.79 Å². The number of aromatic amines is 2. The second-order valence-corrected chi connectivity index (χ2v) is 7.19. The van der Waals surface area contributed by atoms with Gasteiger partial charge in [-0.25, -0.2) is 9.97 Å². The minimum atomic E-state index is -0.327. The molecule has 0 aliphatic heterocycles. The maximum Gasteiger partial charge on any atom is 0.289 e. The summed E-state index contributed by atoms with van der Waals surface area (Å²) in [6.45, 7) is 3.81. The molecule has 0 bridgehead atoms. The molecule has 4 heterocycles. The Labute approximate surface area is 171 Å². The number of imidazole rings is 1. The normalized spacial score (nSPS) is 12.3. The van der Waals surface area contributed by atoms with E-state index in [0.29, 0.717) is 11.0 Å². The Bertz CT molecular complexity index is 1370. The standard InChI is InChI=1S/C22H19N7O/c1-12-4-3-5-16(24-12)13(2)25-22(30)21-26-18-10-15-17(11-19(18)27-21)28-29-20(15)14-6-8-23-9-7-14/h3-11,13,28-29H,1-2H3,(H,25,30)/t13-/m1/s1.